The molecule has 1 fully saturated rings. The number of pyridine rings is 1. The third-order valence-corrected chi connectivity index (χ3v) is 4.31. The van der Waals surface area contributed by atoms with Crippen molar-refractivity contribution in [1.29, 1.82) is 0 Å². The summed E-state index contributed by atoms with van der Waals surface area (Å²) in [6, 6.07) is 4.38. The molecule has 1 atom stereocenters. The molecular weight excluding hydrogens is 458 g/mol. The van der Waals surface area contributed by atoms with Crippen molar-refractivity contribution >= 4 is 29.9 Å². The third-order valence-electron chi connectivity index (χ3n) is 4.31. The Morgan fingerprint density at radius 1 is 1.27 bits per heavy atom. The van der Waals surface area contributed by atoms with Gasteiger partial charge in [0.05, 0.1) is 12.2 Å². The van der Waals surface area contributed by atoms with E-state index in [1.165, 1.54) is 11.8 Å². The summed E-state index contributed by atoms with van der Waals surface area (Å²) in [4.78, 5) is 12.5. The minimum Gasteiger partial charge on any atom is -0.357 e. The van der Waals surface area contributed by atoms with Crippen molar-refractivity contribution in [3.8, 4) is 0 Å². The predicted octanol–water partition coefficient (Wildman–Crippen LogP) is 3.04. The minimum atomic E-state index is -4.18. The van der Waals surface area contributed by atoms with E-state index in [0.717, 1.165) is 17.3 Å². The Morgan fingerprint density at radius 2 is 1.92 bits per heavy atom. The molecule has 0 amide bonds. The highest BCUT2D eigenvalue weighted by atomic mass is 127. The summed E-state index contributed by atoms with van der Waals surface area (Å²) in [6.45, 7) is 8.06. The summed E-state index contributed by atoms with van der Waals surface area (Å²) in [5.41, 5.74) is 1.81. The molecule has 0 bridgehead atoms. The Bertz CT molecular complexity index is 586. The number of hydrogen-bond acceptors (Lipinski definition) is 3. The normalized spacial score (nSPS) is 17.6. The van der Waals surface area contributed by atoms with Crippen molar-refractivity contribution in [2.75, 3.05) is 32.7 Å². The first-order valence-corrected chi connectivity index (χ1v) is 8.57. The van der Waals surface area contributed by atoms with E-state index < -0.39 is 12.2 Å². The lowest BCUT2D eigenvalue weighted by molar-refractivity contribution is -0.181. The maximum atomic E-state index is 12.9. The van der Waals surface area contributed by atoms with Crippen LogP contribution in [0, 0.1) is 6.92 Å². The number of hydrogen-bond donors (Lipinski definition) is 1. The molecule has 0 aromatic carbocycles. The van der Waals surface area contributed by atoms with E-state index >= 15 is 0 Å². The van der Waals surface area contributed by atoms with Crippen LogP contribution in [0.2, 0.25) is 0 Å². The first-order chi connectivity index (χ1) is 11.8. The van der Waals surface area contributed by atoms with Gasteiger partial charge in [0.2, 0.25) is 0 Å². The van der Waals surface area contributed by atoms with Gasteiger partial charge in [-0.15, -0.1) is 24.0 Å². The number of halogens is 4. The van der Waals surface area contributed by atoms with Gasteiger partial charge in [-0.3, -0.25) is 9.88 Å². The number of aryl methyl sites for hydroxylation is 1. The van der Waals surface area contributed by atoms with Crippen molar-refractivity contribution in [2.24, 2.45) is 4.99 Å². The fraction of sp³-hybridized carbons (Fsp3) is 0.647. The number of aliphatic imine (C=N–C) groups is 1. The lowest BCUT2D eigenvalue weighted by Gasteiger charge is -2.39. The van der Waals surface area contributed by atoms with Gasteiger partial charge in [0.15, 0.2) is 5.96 Å². The molecule has 1 saturated heterocycles. The van der Waals surface area contributed by atoms with Crippen LogP contribution < -0.4 is 5.32 Å². The number of piperazine rings is 1. The van der Waals surface area contributed by atoms with Crippen LogP contribution >= 0.6 is 24.0 Å². The summed E-state index contributed by atoms with van der Waals surface area (Å²) in [5.74, 6) is 0.727. The van der Waals surface area contributed by atoms with E-state index in [0.29, 0.717) is 39.3 Å². The van der Waals surface area contributed by atoms with Crippen molar-refractivity contribution in [3.05, 3.63) is 29.6 Å². The van der Waals surface area contributed by atoms with E-state index in [4.69, 9.17) is 0 Å². The fourth-order valence-corrected chi connectivity index (χ4v) is 2.80. The van der Waals surface area contributed by atoms with Crippen LogP contribution in [0.5, 0.6) is 0 Å². The van der Waals surface area contributed by atoms with Gasteiger partial charge >= 0.3 is 6.18 Å². The van der Waals surface area contributed by atoms with Gasteiger partial charge in [-0.25, -0.2) is 4.99 Å². The molecule has 1 N–H and O–H groups in total. The Morgan fingerprint density at radius 3 is 2.46 bits per heavy atom. The molecule has 0 radical (unpaired) electrons. The van der Waals surface area contributed by atoms with Crippen LogP contribution in [-0.2, 0) is 6.54 Å². The lowest BCUT2D eigenvalue weighted by Crippen LogP contribution is -2.56. The highest BCUT2D eigenvalue weighted by molar-refractivity contribution is 14.0. The molecule has 26 heavy (non-hydrogen) atoms. The first-order valence-electron chi connectivity index (χ1n) is 8.57. The molecular formula is C17H27F3IN5. The number of guanidine groups is 1. The molecule has 1 aromatic rings. The SMILES string of the molecule is CCNC(=NCc1cccc(C)n1)N1CCN(C(C)C(F)(F)F)CC1.I. The topological polar surface area (TPSA) is 43.8 Å². The molecule has 5 nitrogen and oxygen atoms in total. The van der Waals surface area contributed by atoms with Crippen LogP contribution in [0.4, 0.5) is 13.2 Å². The molecule has 0 spiro atoms. The van der Waals surface area contributed by atoms with E-state index in [9.17, 15) is 13.2 Å². The number of aromatic nitrogens is 1. The monoisotopic (exact) mass is 485 g/mol. The second kappa shape index (κ2) is 10.3. The molecule has 1 unspecified atom stereocenters. The Balaban J connectivity index is 0.00000338. The molecule has 0 aliphatic carbocycles. The summed E-state index contributed by atoms with van der Waals surface area (Å²) in [5, 5.41) is 3.22. The van der Waals surface area contributed by atoms with Crippen LogP contribution in [0.1, 0.15) is 25.2 Å². The third kappa shape index (κ3) is 6.57. The molecule has 148 valence electrons. The Labute approximate surface area is 170 Å². The van der Waals surface area contributed by atoms with E-state index in [-0.39, 0.29) is 24.0 Å². The molecule has 2 rings (SSSR count). The Kier molecular flexibility index (Phi) is 9.08. The summed E-state index contributed by atoms with van der Waals surface area (Å²) in [6.07, 6.45) is -4.18. The van der Waals surface area contributed by atoms with Crippen LogP contribution in [0.25, 0.3) is 0 Å². The summed E-state index contributed by atoms with van der Waals surface area (Å²) in [7, 11) is 0. The van der Waals surface area contributed by atoms with E-state index in [2.05, 4.69) is 15.3 Å². The maximum Gasteiger partial charge on any atom is 0.403 e. The van der Waals surface area contributed by atoms with Crippen molar-refractivity contribution in [3.63, 3.8) is 0 Å². The Hall–Kier alpha value is -1.10. The maximum absolute atomic E-state index is 12.9. The number of nitrogens with one attached hydrogen (secondary N) is 1. The van der Waals surface area contributed by atoms with E-state index in [1.54, 1.807) is 0 Å². The average molecular weight is 485 g/mol. The fourth-order valence-electron chi connectivity index (χ4n) is 2.80. The van der Waals surface area contributed by atoms with Crippen molar-refractivity contribution in [1.82, 2.24) is 20.1 Å². The average Bonchev–Trinajstić information content (AvgIpc) is 2.57. The quantitative estimate of drug-likeness (QED) is 0.405. The standard InChI is InChI=1S/C17H26F3N5.HI/c1-4-21-16(22-12-15-7-5-6-13(2)23-15)25-10-8-24(9-11-25)14(3)17(18,19)20;/h5-7,14H,4,8-12H2,1-3H3,(H,21,22);1H. The van der Waals surface area contributed by atoms with Gasteiger partial charge in [0.25, 0.3) is 0 Å². The zero-order valence-corrected chi connectivity index (χ0v) is 17.7. The number of nitrogens with zero attached hydrogens (tertiary/aromatic N) is 4. The number of alkyl halides is 3. The zero-order valence-electron chi connectivity index (χ0n) is 15.4. The van der Waals surface area contributed by atoms with E-state index in [1.807, 2.05) is 36.9 Å². The van der Waals surface area contributed by atoms with Crippen molar-refractivity contribution in [2.45, 2.75) is 39.5 Å². The highest BCUT2D eigenvalue weighted by Gasteiger charge is 2.41. The smallest absolute Gasteiger partial charge is 0.357 e. The van der Waals surface area contributed by atoms with Crippen LogP contribution in [0.15, 0.2) is 23.2 Å². The van der Waals surface area contributed by atoms with Gasteiger partial charge in [0.1, 0.15) is 6.04 Å². The predicted molar refractivity (Wildman–Crippen MR) is 108 cm³/mol. The molecule has 1 aromatic heterocycles. The minimum absolute atomic E-state index is 0. The zero-order chi connectivity index (χ0) is 18.4. The van der Waals surface area contributed by atoms with Gasteiger partial charge in [-0.1, -0.05) is 6.07 Å². The van der Waals surface area contributed by atoms with Crippen LogP contribution in [0.3, 0.4) is 0 Å². The van der Waals surface area contributed by atoms with Crippen molar-refractivity contribution < 1.29 is 13.2 Å². The second-order valence-corrected chi connectivity index (χ2v) is 6.18. The van der Waals surface area contributed by atoms with Gasteiger partial charge in [-0.05, 0) is 32.9 Å². The van der Waals surface area contributed by atoms with Crippen LogP contribution in [-0.4, -0.2) is 65.7 Å². The summed E-state index contributed by atoms with van der Waals surface area (Å²) < 4.78 is 38.6. The molecule has 2 heterocycles. The highest BCUT2D eigenvalue weighted by Crippen LogP contribution is 2.25. The molecule has 1 aliphatic heterocycles. The lowest BCUT2D eigenvalue weighted by atomic mass is 10.2. The summed E-state index contributed by atoms with van der Waals surface area (Å²) >= 11 is 0. The molecule has 9 heteroatoms. The largest absolute Gasteiger partial charge is 0.403 e. The van der Waals surface area contributed by atoms with Gasteiger partial charge in [0, 0.05) is 38.4 Å². The molecule has 0 saturated carbocycles. The van der Waals surface area contributed by atoms with Gasteiger partial charge < -0.3 is 10.2 Å². The van der Waals surface area contributed by atoms with Gasteiger partial charge in [-0.2, -0.15) is 13.2 Å². The second-order valence-electron chi connectivity index (χ2n) is 6.18. The number of rotatable bonds is 4. The first kappa shape index (κ1) is 22.9. The molecule has 1 aliphatic rings.